The molecule has 3 aromatic carbocycles. The molecule has 3 aromatic rings. The summed E-state index contributed by atoms with van der Waals surface area (Å²) in [6.45, 7) is 2.20. The number of aromatic carboxylic acids is 2. The molecule has 0 aliphatic rings. The van der Waals surface area contributed by atoms with E-state index < -0.39 is 11.9 Å². The first-order chi connectivity index (χ1) is 15.8. The quantitative estimate of drug-likeness (QED) is 0.509. The first-order valence-electron chi connectivity index (χ1n) is 11.0. The molecule has 0 aliphatic carbocycles. The molecule has 2 N–H and O–H groups in total. The largest absolute Gasteiger partial charge is 0.478 e. The second-order valence-electron chi connectivity index (χ2n) is 10.1. The van der Waals surface area contributed by atoms with E-state index in [1.807, 2.05) is 0 Å². The molecule has 0 spiro atoms. The van der Waals surface area contributed by atoms with Crippen molar-refractivity contribution >= 4 is 11.9 Å². The number of nitrogens with zero attached hydrogens (tertiary/aromatic N) is 2. The van der Waals surface area contributed by atoms with Crippen LogP contribution in [0.2, 0.25) is 0 Å². The zero-order valence-electron chi connectivity index (χ0n) is 21.1. The third-order valence-corrected chi connectivity index (χ3v) is 4.38. The van der Waals surface area contributed by atoms with Crippen LogP contribution in [0.3, 0.4) is 0 Å². The van der Waals surface area contributed by atoms with Crippen molar-refractivity contribution < 1.29 is 28.8 Å². The van der Waals surface area contributed by atoms with Crippen LogP contribution in [0.5, 0.6) is 0 Å². The van der Waals surface area contributed by atoms with Crippen molar-refractivity contribution in [2.75, 3.05) is 42.3 Å². The third-order valence-electron chi connectivity index (χ3n) is 4.38. The fraction of sp³-hybridized carbons (Fsp3) is 0.286. The van der Waals surface area contributed by atoms with Crippen molar-refractivity contribution in [3.05, 3.63) is 107 Å². The van der Waals surface area contributed by atoms with Crippen LogP contribution >= 0.6 is 0 Å². The molecule has 0 saturated carbocycles. The number of benzene rings is 3. The standard InChI is InChI=1S/2C10H16N.C8H6O4/c2*1-11(2,3)9-10-7-5-4-6-8-10;9-7(10)5-1-2-6(4-3-5)8(11)12/h2*4-8H,9H2,1-3H3;1-4H,(H,9,10)(H,11,12)/q2*+1;. The van der Waals surface area contributed by atoms with Crippen LogP contribution in [0.25, 0.3) is 0 Å². The van der Waals surface area contributed by atoms with Gasteiger partial charge in [0.15, 0.2) is 0 Å². The minimum atomic E-state index is -1.06. The fourth-order valence-electron chi connectivity index (χ4n) is 3.02. The summed E-state index contributed by atoms with van der Waals surface area (Å²) in [7, 11) is 13.2. The van der Waals surface area contributed by atoms with Crippen molar-refractivity contribution in [1.82, 2.24) is 0 Å². The van der Waals surface area contributed by atoms with E-state index >= 15 is 0 Å². The lowest BCUT2D eigenvalue weighted by Crippen LogP contribution is -2.33. The van der Waals surface area contributed by atoms with Gasteiger partial charge in [0, 0.05) is 11.1 Å². The molecule has 0 bridgehead atoms. The van der Waals surface area contributed by atoms with Gasteiger partial charge in [-0.2, -0.15) is 0 Å². The van der Waals surface area contributed by atoms with Crippen LogP contribution in [0.15, 0.2) is 84.9 Å². The van der Waals surface area contributed by atoms with Gasteiger partial charge in [-0.15, -0.1) is 0 Å². The van der Waals surface area contributed by atoms with Gasteiger partial charge >= 0.3 is 11.9 Å². The Hall–Kier alpha value is -3.48. The Labute approximate surface area is 203 Å². The summed E-state index contributed by atoms with van der Waals surface area (Å²) in [5.74, 6) is -2.13. The fourth-order valence-corrected chi connectivity index (χ4v) is 3.02. The van der Waals surface area contributed by atoms with Crippen LogP contribution in [-0.4, -0.2) is 73.4 Å². The summed E-state index contributed by atoms with van der Waals surface area (Å²) in [6, 6.07) is 26.2. The summed E-state index contributed by atoms with van der Waals surface area (Å²) in [4.78, 5) is 20.7. The van der Waals surface area contributed by atoms with Crippen LogP contribution in [-0.2, 0) is 13.1 Å². The maximum Gasteiger partial charge on any atom is 0.335 e. The molecule has 0 heterocycles. The van der Waals surface area contributed by atoms with E-state index in [0.29, 0.717) is 0 Å². The van der Waals surface area contributed by atoms with Gasteiger partial charge in [0.25, 0.3) is 0 Å². The van der Waals surface area contributed by atoms with E-state index in [2.05, 4.69) is 103 Å². The zero-order chi connectivity index (χ0) is 25.8. The number of quaternary nitrogens is 2. The number of carbonyl (C=O) groups is 2. The molecule has 6 heteroatoms. The predicted octanol–water partition coefficient (Wildman–Crippen LogP) is 4.87. The molecule has 0 amide bonds. The summed E-state index contributed by atoms with van der Waals surface area (Å²) < 4.78 is 1.98. The minimum absolute atomic E-state index is 0.0833. The number of rotatable bonds is 6. The predicted molar refractivity (Wildman–Crippen MR) is 137 cm³/mol. The molecule has 0 atom stereocenters. The lowest BCUT2D eigenvalue weighted by atomic mass is 10.1. The minimum Gasteiger partial charge on any atom is -0.478 e. The van der Waals surface area contributed by atoms with Crippen LogP contribution in [0.4, 0.5) is 0 Å². The average molecular weight is 467 g/mol. The normalized spacial score (nSPS) is 10.8. The molecular formula is C28H38N2O4+2. The Morgan fingerprint density at radius 2 is 0.794 bits per heavy atom. The van der Waals surface area contributed by atoms with E-state index in [1.54, 1.807) is 0 Å². The van der Waals surface area contributed by atoms with Gasteiger partial charge in [0.05, 0.1) is 53.4 Å². The first kappa shape index (κ1) is 28.6. The van der Waals surface area contributed by atoms with Gasteiger partial charge in [0.2, 0.25) is 0 Å². The Morgan fingerprint density at radius 1 is 0.529 bits per heavy atom. The van der Waals surface area contributed by atoms with Crippen molar-refractivity contribution in [2.24, 2.45) is 0 Å². The maximum atomic E-state index is 10.3. The second-order valence-corrected chi connectivity index (χ2v) is 10.1. The Morgan fingerprint density at radius 3 is 1.00 bits per heavy atom. The van der Waals surface area contributed by atoms with Gasteiger partial charge in [-0.1, -0.05) is 60.7 Å². The van der Waals surface area contributed by atoms with Crippen LogP contribution in [0, 0.1) is 0 Å². The molecule has 3 rings (SSSR count). The lowest BCUT2D eigenvalue weighted by Gasteiger charge is -2.23. The monoisotopic (exact) mass is 466 g/mol. The van der Waals surface area contributed by atoms with E-state index in [1.165, 1.54) is 35.4 Å². The molecule has 0 aromatic heterocycles. The Bertz CT molecular complexity index is 920. The number of carboxylic acids is 2. The third kappa shape index (κ3) is 13.2. The maximum absolute atomic E-state index is 10.3. The van der Waals surface area contributed by atoms with E-state index in [9.17, 15) is 9.59 Å². The summed E-state index contributed by atoms with van der Waals surface area (Å²) in [5, 5.41) is 16.9. The van der Waals surface area contributed by atoms with Gasteiger partial charge < -0.3 is 19.2 Å². The first-order valence-corrected chi connectivity index (χ1v) is 11.0. The highest BCUT2D eigenvalue weighted by Crippen LogP contribution is 2.06. The van der Waals surface area contributed by atoms with Crippen molar-refractivity contribution in [3.8, 4) is 0 Å². The number of hydrogen-bond acceptors (Lipinski definition) is 2. The van der Waals surface area contributed by atoms with E-state index in [4.69, 9.17) is 10.2 Å². The van der Waals surface area contributed by atoms with Crippen LogP contribution < -0.4 is 0 Å². The van der Waals surface area contributed by atoms with Gasteiger partial charge in [-0.25, -0.2) is 9.59 Å². The molecular weight excluding hydrogens is 428 g/mol. The Kier molecular flexibility index (Phi) is 11.2. The van der Waals surface area contributed by atoms with Crippen molar-refractivity contribution in [3.63, 3.8) is 0 Å². The van der Waals surface area contributed by atoms with Gasteiger partial charge in [0.1, 0.15) is 13.1 Å². The average Bonchev–Trinajstić information content (AvgIpc) is 2.74. The summed E-state index contributed by atoms with van der Waals surface area (Å²) in [5.41, 5.74) is 2.97. The van der Waals surface area contributed by atoms with E-state index in [0.717, 1.165) is 22.1 Å². The highest BCUT2D eigenvalue weighted by molar-refractivity contribution is 5.91. The van der Waals surface area contributed by atoms with Crippen molar-refractivity contribution in [1.29, 1.82) is 0 Å². The molecule has 0 aliphatic heterocycles. The molecule has 0 saturated heterocycles. The molecule has 6 nitrogen and oxygen atoms in total. The van der Waals surface area contributed by atoms with Crippen LogP contribution in [0.1, 0.15) is 31.8 Å². The molecule has 0 unspecified atom stereocenters. The number of hydrogen-bond donors (Lipinski definition) is 2. The molecule has 0 fully saturated rings. The van der Waals surface area contributed by atoms with Gasteiger partial charge in [-0.3, -0.25) is 0 Å². The topological polar surface area (TPSA) is 74.6 Å². The number of carboxylic acid groups (broad SMARTS) is 2. The smallest absolute Gasteiger partial charge is 0.335 e. The second kappa shape index (κ2) is 13.3. The Balaban J connectivity index is 0.000000255. The zero-order valence-corrected chi connectivity index (χ0v) is 21.1. The van der Waals surface area contributed by atoms with E-state index in [-0.39, 0.29) is 11.1 Å². The SMILES string of the molecule is C[N+](C)(C)Cc1ccccc1.C[N+](C)(C)Cc1ccccc1.O=C(O)c1ccc(C(=O)O)cc1. The summed E-state index contributed by atoms with van der Waals surface area (Å²) in [6.07, 6.45) is 0. The highest BCUT2D eigenvalue weighted by Gasteiger charge is 2.07. The highest BCUT2D eigenvalue weighted by atomic mass is 16.4. The molecule has 34 heavy (non-hydrogen) atoms. The summed E-state index contributed by atoms with van der Waals surface area (Å²) >= 11 is 0. The van der Waals surface area contributed by atoms with Gasteiger partial charge in [-0.05, 0) is 24.3 Å². The molecule has 182 valence electrons. The lowest BCUT2D eigenvalue weighted by molar-refractivity contribution is -0.884. The molecule has 0 radical (unpaired) electrons. The van der Waals surface area contributed by atoms with Crippen molar-refractivity contribution in [2.45, 2.75) is 13.1 Å².